The molecule has 1 fully saturated rings. The number of methoxy groups -OCH3 is 1. The summed E-state index contributed by atoms with van der Waals surface area (Å²) in [6.45, 7) is 1.46. The molecule has 3 N–H and O–H groups in total. The Morgan fingerprint density at radius 3 is 2.63 bits per heavy atom. The third-order valence-corrected chi connectivity index (χ3v) is 6.51. The number of halogens is 1. The number of carbonyl (C=O) groups is 1. The number of aromatic nitrogens is 1. The summed E-state index contributed by atoms with van der Waals surface area (Å²) in [5.74, 6) is -0.865. The second kappa shape index (κ2) is 9.07. The standard InChI is InChI=1S/C20H24FN3O5S/c1-12-15(21)8-10-19(22-12)23-20(26)14-11-13(7-9-18(14)29-2)30(27,28)24-16-5-3-4-6-17(16)25/h7-11,16-17,24-25H,3-6H2,1-2H3,(H,22,23,26)/t16-,17-/m1/s1. The zero-order valence-electron chi connectivity index (χ0n) is 16.7. The van der Waals surface area contributed by atoms with Gasteiger partial charge in [-0.05, 0) is 50.1 Å². The Kier molecular flexibility index (Phi) is 6.69. The lowest BCUT2D eigenvalue weighted by molar-refractivity contribution is 0.101. The highest BCUT2D eigenvalue weighted by atomic mass is 32.2. The third kappa shape index (κ3) is 4.94. The van der Waals surface area contributed by atoms with E-state index in [1.54, 1.807) is 0 Å². The molecule has 1 heterocycles. The largest absolute Gasteiger partial charge is 0.496 e. The molecule has 1 saturated carbocycles. The van der Waals surface area contributed by atoms with Crippen LogP contribution < -0.4 is 14.8 Å². The highest BCUT2D eigenvalue weighted by Crippen LogP contribution is 2.25. The molecule has 0 radical (unpaired) electrons. The van der Waals surface area contributed by atoms with Gasteiger partial charge in [0.1, 0.15) is 17.4 Å². The molecule has 1 aromatic carbocycles. The van der Waals surface area contributed by atoms with Gasteiger partial charge in [0.2, 0.25) is 10.0 Å². The van der Waals surface area contributed by atoms with Gasteiger partial charge in [0.25, 0.3) is 5.91 Å². The van der Waals surface area contributed by atoms with Gasteiger partial charge in [-0.2, -0.15) is 0 Å². The first kappa shape index (κ1) is 22.1. The van der Waals surface area contributed by atoms with Gasteiger partial charge in [-0.3, -0.25) is 4.79 Å². The topological polar surface area (TPSA) is 118 Å². The van der Waals surface area contributed by atoms with Crippen LogP contribution in [0.25, 0.3) is 0 Å². The Labute approximate surface area is 174 Å². The van der Waals surface area contributed by atoms with Crippen molar-refractivity contribution < 1.29 is 27.4 Å². The van der Waals surface area contributed by atoms with Crippen LogP contribution in [0.4, 0.5) is 10.2 Å². The number of anilines is 1. The maximum absolute atomic E-state index is 13.4. The molecule has 30 heavy (non-hydrogen) atoms. The van der Waals surface area contributed by atoms with E-state index in [2.05, 4.69) is 15.0 Å². The van der Waals surface area contributed by atoms with Gasteiger partial charge in [0.05, 0.1) is 29.4 Å². The van der Waals surface area contributed by atoms with Crippen LogP contribution in [-0.2, 0) is 10.0 Å². The molecule has 0 bridgehead atoms. The van der Waals surface area contributed by atoms with Crippen molar-refractivity contribution in [3.63, 3.8) is 0 Å². The van der Waals surface area contributed by atoms with Crippen LogP contribution in [0, 0.1) is 12.7 Å². The summed E-state index contributed by atoms with van der Waals surface area (Å²) >= 11 is 0. The van der Waals surface area contributed by atoms with E-state index in [1.807, 2.05) is 0 Å². The van der Waals surface area contributed by atoms with E-state index >= 15 is 0 Å². The molecule has 1 amide bonds. The lowest BCUT2D eigenvalue weighted by Crippen LogP contribution is -2.44. The summed E-state index contributed by atoms with van der Waals surface area (Å²) in [6, 6.07) is 5.81. The molecule has 2 aromatic rings. The first-order valence-electron chi connectivity index (χ1n) is 9.54. The maximum Gasteiger partial charge on any atom is 0.260 e. The average Bonchev–Trinajstić information content (AvgIpc) is 2.71. The van der Waals surface area contributed by atoms with Crippen LogP contribution in [-0.4, -0.2) is 43.7 Å². The predicted octanol–water partition coefficient (Wildman–Crippen LogP) is 2.37. The summed E-state index contributed by atoms with van der Waals surface area (Å²) in [6.07, 6.45) is 2.00. The molecule has 0 aliphatic heterocycles. The molecular formula is C20H24FN3O5S. The molecule has 8 nitrogen and oxygen atoms in total. The van der Waals surface area contributed by atoms with E-state index < -0.39 is 33.9 Å². The second-order valence-corrected chi connectivity index (χ2v) is 8.87. The molecule has 10 heteroatoms. The Morgan fingerprint density at radius 1 is 1.23 bits per heavy atom. The van der Waals surface area contributed by atoms with Crippen molar-refractivity contribution in [1.82, 2.24) is 9.71 Å². The fourth-order valence-corrected chi connectivity index (χ4v) is 4.67. The first-order chi connectivity index (χ1) is 14.2. The molecule has 3 rings (SSSR count). The van der Waals surface area contributed by atoms with Crippen LogP contribution in [0.3, 0.4) is 0 Å². The zero-order valence-corrected chi connectivity index (χ0v) is 17.5. The average molecular weight is 437 g/mol. The molecule has 162 valence electrons. The quantitative estimate of drug-likeness (QED) is 0.639. The van der Waals surface area contributed by atoms with Gasteiger partial charge in [-0.1, -0.05) is 12.8 Å². The van der Waals surface area contributed by atoms with Crippen molar-refractivity contribution in [2.45, 2.75) is 49.6 Å². The molecule has 1 aliphatic carbocycles. The van der Waals surface area contributed by atoms with Gasteiger partial charge in [0.15, 0.2) is 0 Å². The number of aryl methyl sites for hydroxylation is 1. The summed E-state index contributed by atoms with van der Waals surface area (Å²) in [4.78, 5) is 16.5. The Balaban J connectivity index is 1.86. The molecule has 1 aromatic heterocycles. The van der Waals surface area contributed by atoms with Crippen molar-refractivity contribution in [2.24, 2.45) is 0 Å². The van der Waals surface area contributed by atoms with Gasteiger partial charge < -0.3 is 15.2 Å². The maximum atomic E-state index is 13.4. The van der Waals surface area contributed by atoms with Crippen molar-refractivity contribution in [3.8, 4) is 5.75 Å². The number of pyridine rings is 1. The molecular weight excluding hydrogens is 413 g/mol. The van der Waals surface area contributed by atoms with Gasteiger partial charge in [0, 0.05) is 6.04 Å². The minimum atomic E-state index is -3.97. The van der Waals surface area contributed by atoms with Crippen LogP contribution >= 0.6 is 0 Å². The van der Waals surface area contributed by atoms with E-state index in [1.165, 1.54) is 44.4 Å². The number of ether oxygens (including phenoxy) is 1. The summed E-state index contributed by atoms with van der Waals surface area (Å²) in [7, 11) is -2.61. The Morgan fingerprint density at radius 2 is 1.97 bits per heavy atom. The zero-order chi connectivity index (χ0) is 21.9. The predicted molar refractivity (Wildman–Crippen MR) is 108 cm³/mol. The smallest absolute Gasteiger partial charge is 0.260 e. The number of nitrogens with one attached hydrogen (secondary N) is 2. The van der Waals surface area contributed by atoms with Crippen LogP contribution in [0.2, 0.25) is 0 Å². The van der Waals surface area contributed by atoms with E-state index in [-0.39, 0.29) is 27.7 Å². The Bertz CT molecular complexity index is 1040. The van der Waals surface area contributed by atoms with Crippen LogP contribution in [0.5, 0.6) is 5.75 Å². The molecule has 1 aliphatic rings. The van der Waals surface area contributed by atoms with Gasteiger partial charge >= 0.3 is 0 Å². The van der Waals surface area contributed by atoms with Gasteiger partial charge in [-0.25, -0.2) is 22.5 Å². The lowest BCUT2D eigenvalue weighted by Gasteiger charge is -2.28. The monoisotopic (exact) mass is 437 g/mol. The Hall–Kier alpha value is -2.56. The second-order valence-electron chi connectivity index (χ2n) is 7.16. The van der Waals surface area contributed by atoms with E-state index in [0.29, 0.717) is 12.8 Å². The minimum Gasteiger partial charge on any atom is -0.496 e. The van der Waals surface area contributed by atoms with Crippen molar-refractivity contribution >= 4 is 21.7 Å². The number of carbonyl (C=O) groups excluding carboxylic acids is 1. The molecule has 0 saturated heterocycles. The minimum absolute atomic E-state index is 0.0201. The number of benzene rings is 1. The van der Waals surface area contributed by atoms with E-state index in [4.69, 9.17) is 4.74 Å². The van der Waals surface area contributed by atoms with Crippen LogP contribution in [0.15, 0.2) is 35.2 Å². The highest BCUT2D eigenvalue weighted by Gasteiger charge is 2.29. The fourth-order valence-electron chi connectivity index (χ4n) is 3.35. The van der Waals surface area contributed by atoms with Gasteiger partial charge in [-0.15, -0.1) is 0 Å². The highest BCUT2D eigenvalue weighted by molar-refractivity contribution is 7.89. The van der Waals surface area contributed by atoms with E-state index in [9.17, 15) is 22.7 Å². The molecule has 0 unspecified atom stereocenters. The molecule has 0 spiro atoms. The van der Waals surface area contributed by atoms with E-state index in [0.717, 1.165) is 12.8 Å². The fraction of sp³-hybridized carbons (Fsp3) is 0.400. The summed E-state index contributed by atoms with van der Waals surface area (Å²) in [5, 5.41) is 12.6. The molecule has 2 atom stereocenters. The number of aliphatic hydroxyl groups excluding tert-OH is 1. The third-order valence-electron chi connectivity index (χ3n) is 5.02. The van der Waals surface area contributed by atoms with Crippen LogP contribution in [0.1, 0.15) is 41.7 Å². The van der Waals surface area contributed by atoms with Crippen molar-refractivity contribution in [3.05, 3.63) is 47.4 Å². The van der Waals surface area contributed by atoms with Crippen molar-refractivity contribution in [1.29, 1.82) is 0 Å². The number of amides is 1. The number of aliphatic hydroxyl groups is 1. The van der Waals surface area contributed by atoms with Crippen molar-refractivity contribution in [2.75, 3.05) is 12.4 Å². The normalized spacial score (nSPS) is 19.3. The summed E-state index contributed by atoms with van der Waals surface area (Å²) < 4.78 is 46.7. The number of hydrogen-bond acceptors (Lipinski definition) is 6. The number of rotatable bonds is 6. The SMILES string of the molecule is COc1ccc(S(=O)(=O)N[C@@H]2CCCC[C@H]2O)cc1C(=O)Nc1ccc(F)c(C)n1. The number of hydrogen-bond donors (Lipinski definition) is 3. The lowest BCUT2D eigenvalue weighted by atomic mass is 9.93. The summed E-state index contributed by atoms with van der Waals surface area (Å²) in [5.41, 5.74) is 0.0969. The number of nitrogens with zero attached hydrogens (tertiary/aromatic N) is 1. The first-order valence-corrected chi connectivity index (χ1v) is 11.0. The number of sulfonamides is 1.